The summed E-state index contributed by atoms with van der Waals surface area (Å²) in [7, 11) is 1.36. The van der Waals surface area contributed by atoms with Gasteiger partial charge in [0.2, 0.25) is 5.91 Å². The van der Waals surface area contributed by atoms with Crippen molar-refractivity contribution < 1.29 is 14.3 Å². The van der Waals surface area contributed by atoms with Gasteiger partial charge in [0.1, 0.15) is 6.04 Å². The molecule has 1 saturated heterocycles. The van der Waals surface area contributed by atoms with Gasteiger partial charge in [-0.05, 0) is 19.3 Å². The average molecular weight is 185 g/mol. The highest BCUT2D eigenvalue weighted by Gasteiger charge is 2.30. The summed E-state index contributed by atoms with van der Waals surface area (Å²) in [6.07, 6.45) is 2.70. The lowest BCUT2D eigenvalue weighted by Gasteiger charge is -2.32. The first kappa shape index (κ1) is 10.0. The largest absolute Gasteiger partial charge is 0.467 e. The van der Waals surface area contributed by atoms with Crippen LogP contribution in [0.25, 0.3) is 0 Å². The van der Waals surface area contributed by atoms with E-state index in [9.17, 15) is 9.59 Å². The molecule has 1 heterocycles. The van der Waals surface area contributed by atoms with E-state index in [2.05, 4.69) is 4.74 Å². The Hall–Kier alpha value is -1.06. The number of hydrogen-bond donors (Lipinski definition) is 0. The third-order valence-electron chi connectivity index (χ3n) is 2.38. The summed E-state index contributed by atoms with van der Waals surface area (Å²) >= 11 is 0. The molecule has 0 unspecified atom stereocenters. The number of carbonyl (C=O) groups excluding carboxylic acids is 2. The molecule has 0 aromatic carbocycles. The lowest BCUT2D eigenvalue weighted by Crippen LogP contribution is -2.47. The maximum Gasteiger partial charge on any atom is 0.328 e. The highest BCUT2D eigenvalue weighted by molar-refractivity contribution is 5.83. The van der Waals surface area contributed by atoms with Crippen molar-refractivity contribution in [3.63, 3.8) is 0 Å². The number of hydrogen-bond acceptors (Lipinski definition) is 3. The molecule has 0 bridgehead atoms. The predicted octanol–water partition coefficient (Wildman–Crippen LogP) is 0.560. The van der Waals surface area contributed by atoms with E-state index < -0.39 is 0 Å². The molecule has 0 aromatic heterocycles. The SMILES string of the molecule is COC(=O)[C@@H]1CCCCN1C(C)=O. The maximum atomic E-state index is 11.3. The van der Waals surface area contributed by atoms with Crippen LogP contribution in [0, 0.1) is 0 Å². The lowest BCUT2D eigenvalue weighted by molar-refractivity contribution is -0.153. The van der Waals surface area contributed by atoms with Gasteiger partial charge in [-0.2, -0.15) is 0 Å². The highest BCUT2D eigenvalue weighted by Crippen LogP contribution is 2.17. The van der Waals surface area contributed by atoms with Crippen molar-refractivity contribution in [3.8, 4) is 0 Å². The van der Waals surface area contributed by atoms with E-state index in [1.165, 1.54) is 14.0 Å². The molecular formula is C9H15NO3. The molecule has 1 aliphatic heterocycles. The van der Waals surface area contributed by atoms with Gasteiger partial charge in [0, 0.05) is 13.5 Å². The minimum absolute atomic E-state index is 0.0462. The fourth-order valence-corrected chi connectivity index (χ4v) is 1.69. The van der Waals surface area contributed by atoms with E-state index in [4.69, 9.17) is 0 Å². The Morgan fingerprint density at radius 3 is 2.62 bits per heavy atom. The van der Waals surface area contributed by atoms with E-state index in [0.717, 1.165) is 19.3 Å². The summed E-state index contributed by atoms with van der Waals surface area (Å²) in [5, 5.41) is 0. The predicted molar refractivity (Wildman–Crippen MR) is 47.0 cm³/mol. The third kappa shape index (κ3) is 2.20. The van der Waals surface area contributed by atoms with Crippen LogP contribution >= 0.6 is 0 Å². The zero-order chi connectivity index (χ0) is 9.84. The van der Waals surface area contributed by atoms with Crippen LogP contribution in [0.1, 0.15) is 26.2 Å². The molecule has 13 heavy (non-hydrogen) atoms. The summed E-state index contributed by atoms with van der Waals surface area (Å²) in [6.45, 7) is 2.16. The zero-order valence-corrected chi connectivity index (χ0v) is 8.08. The monoisotopic (exact) mass is 185 g/mol. The number of likely N-dealkylation sites (tertiary alicyclic amines) is 1. The van der Waals surface area contributed by atoms with Crippen LogP contribution in [0.2, 0.25) is 0 Å². The summed E-state index contributed by atoms with van der Waals surface area (Å²) in [5.41, 5.74) is 0. The molecule has 1 fully saturated rings. The van der Waals surface area contributed by atoms with Gasteiger partial charge in [-0.1, -0.05) is 0 Å². The topological polar surface area (TPSA) is 46.6 Å². The van der Waals surface area contributed by atoms with Crippen LogP contribution in [0.15, 0.2) is 0 Å². The molecule has 0 saturated carbocycles. The number of piperidine rings is 1. The minimum atomic E-state index is -0.351. The summed E-state index contributed by atoms with van der Waals surface area (Å²) in [5.74, 6) is -0.343. The lowest BCUT2D eigenvalue weighted by atomic mass is 10.0. The molecule has 0 radical (unpaired) electrons. The summed E-state index contributed by atoms with van der Waals surface area (Å²) in [6, 6.07) is -0.351. The first-order chi connectivity index (χ1) is 6.16. The molecule has 1 aliphatic rings. The number of carbonyl (C=O) groups is 2. The summed E-state index contributed by atoms with van der Waals surface area (Å²) < 4.78 is 4.64. The van der Waals surface area contributed by atoms with E-state index in [0.29, 0.717) is 6.54 Å². The van der Waals surface area contributed by atoms with Crippen molar-refractivity contribution >= 4 is 11.9 Å². The van der Waals surface area contributed by atoms with Gasteiger partial charge in [0.05, 0.1) is 7.11 Å². The number of amides is 1. The quantitative estimate of drug-likeness (QED) is 0.561. The number of ether oxygens (including phenoxy) is 1. The van der Waals surface area contributed by atoms with Crippen molar-refractivity contribution in [1.29, 1.82) is 0 Å². The van der Waals surface area contributed by atoms with Crippen LogP contribution < -0.4 is 0 Å². The van der Waals surface area contributed by atoms with Crippen LogP contribution in [0.4, 0.5) is 0 Å². The van der Waals surface area contributed by atoms with Crippen molar-refractivity contribution in [2.45, 2.75) is 32.2 Å². The molecule has 0 aliphatic carbocycles. The molecule has 0 spiro atoms. The Balaban J connectivity index is 2.67. The Kier molecular flexibility index (Phi) is 3.28. The molecule has 1 rings (SSSR count). The highest BCUT2D eigenvalue weighted by atomic mass is 16.5. The molecule has 0 N–H and O–H groups in total. The average Bonchev–Trinajstić information content (AvgIpc) is 2.16. The van der Waals surface area contributed by atoms with E-state index >= 15 is 0 Å². The second kappa shape index (κ2) is 4.25. The second-order valence-corrected chi connectivity index (χ2v) is 3.25. The van der Waals surface area contributed by atoms with E-state index in [-0.39, 0.29) is 17.9 Å². The number of rotatable bonds is 1. The van der Waals surface area contributed by atoms with Gasteiger partial charge in [0.25, 0.3) is 0 Å². The van der Waals surface area contributed by atoms with Gasteiger partial charge in [0.15, 0.2) is 0 Å². The van der Waals surface area contributed by atoms with Crippen LogP contribution in [-0.2, 0) is 14.3 Å². The van der Waals surface area contributed by atoms with Gasteiger partial charge >= 0.3 is 5.97 Å². The minimum Gasteiger partial charge on any atom is -0.467 e. The van der Waals surface area contributed by atoms with Crippen LogP contribution in [0.5, 0.6) is 0 Å². The Morgan fingerprint density at radius 2 is 2.08 bits per heavy atom. The Bertz CT molecular complexity index is 215. The normalized spacial score (nSPS) is 22.6. The standard InChI is InChI=1S/C9H15NO3/c1-7(11)10-6-4-3-5-8(10)9(12)13-2/h8H,3-6H2,1-2H3/t8-/m0/s1. The first-order valence-corrected chi connectivity index (χ1v) is 4.52. The van der Waals surface area contributed by atoms with Crippen LogP contribution in [-0.4, -0.2) is 36.5 Å². The second-order valence-electron chi connectivity index (χ2n) is 3.25. The number of esters is 1. The first-order valence-electron chi connectivity index (χ1n) is 4.52. The molecule has 74 valence electrons. The fraction of sp³-hybridized carbons (Fsp3) is 0.778. The third-order valence-corrected chi connectivity index (χ3v) is 2.38. The van der Waals surface area contributed by atoms with Crippen LogP contribution in [0.3, 0.4) is 0 Å². The molecule has 1 atom stereocenters. The van der Waals surface area contributed by atoms with Gasteiger partial charge in [-0.25, -0.2) is 4.79 Å². The Labute approximate surface area is 77.8 Å². The van der Waals surface area contributed by atoms with Crippen molar-refractivity contribution in [3.05, 3.63) is 0 Å². The van der Waals surface area contributed by atoms with Crippen molar-refractivity contribution in [1.82, 2.24) is 4.90 Å². The van der Waals surface area contributed by atoms with Crippen molar-refractivity contribution in [2.75, 3.05) is 13.7 Å². The number of methoxy groups -OCH3 is 1. The van der Waals surface area contributed by atoms with E-state index in [1.54, 1.807) is 4.90 Å². The van der Waals surface area contributed by atoms with Crippen molar-refractivity contribution in [2.24, 2.45) is 0 Å². The van der Waals surface area contributed by atoms with E-state index in [1.807, 2.05) is 0 Å². The summed E-state index contributed by atoms with van der Waals surface area (Å²) in [4.78, 5) is 24.0. The van der Waals surface area contributed by atoms with Gasteiger partial charge in [-0.3, -0.25) is 4.79 Å². The molecule has 4 heteroatoms. The Morgan fingerprint density at radius 1 is 1.38 bits per heavy atom. The fourth-order valence-electron chi connectivity index (χ4n) is 1.69. The van der Waals surface area contributed by atoms with Gasteiger partial charge in [-0.15, -0.1) is 0 Å². The maximum absolute atomic E-state index is 11.3. The molecule has 4 nitrogen and oxygen atoms in total. The zero-order valence-electron chi connectivity index (χ0n) is 8.08. The number of nitrogens with zero attached hydrogens (tertiary/aromatic N) is 1. The molecule has 0 aromatic rings. The smallest absolute Gasteiger partial charge is 0.328 e. The molecule has 1 amide bonds. The molecular weight excluding hydrogens is 170 g/mol. The van der Waals surface area contributed by atoms with Gasteiger partial charge < -0.3 is 9.64 Å².